The molecule has 15 rings (SSSR count). The lowest BCUT2D eigenvalue weighted by molar-refractivity contribution is -0.245. The number of aliphatic imine (C=N–C) groups is 7. The standard InChI is InChI=1S/C19H29ClFN3O4.C14H22FN3O3.C14H20FN3O3.C13H20FN3O3.C13H18FN3O3.C12H18FN3O4.C11H14FN3O3/c1-3-4-5-6-7-8-15(26)27-17-16(21)18(28-19(17,11-20)12-25)24-10-9-14(22)23-13(24)2;2*1-3-4-6-14(8-19)12(20)11(15)13(21-14)18-7-5-10(16)17-9(18)2;2*1-7(2)13(6-18)11(19)10(14)12(20-13)17-5-4-9(15)16-8(17)3;1-7-15-8(14)3-4-16(7)11-9(13)10(18)12(5-17,20-11)6-19-2;1-6-14-7(13)2-3-15(6)10-8(12)9-11(4-16,18-10)5-17-9/h9-10,16-18,25H,2-8,11-12H2,1H3,(H2,22,23);5,7,11-13,19-20H,2-4,6,8H2,1H3,(H2,16,17);4-7,11-13,19-20H,2-3,8H2,1H3,(H2,16,17);4-5,7,10-12,18-19H,3,6H2,1-2H3,(H2,15,16);4-5,10-12,18-19H,1,3,6H2,2H3,(H2,15,16);3-4,9-11,17-18H,1,5-6H2,2H3,(H2,14,15);2-3,8-10,16H,1,4-5H2,(H2,13,14)/b;;6-4+;;;;/t16-,17+,18-,19-;2*11-,12+,13-,14-;2*10-,11+,12-,13+;9-,10+,11-,12+;8-,9+,10-,11+/m1111111/s1. The third kappa shape index (κ3) is 25.6. The van der Waals surface area contributed by atoms with E-state index < -0.39 is 214 Å². The second-order valence-electron chi connectivity index (χ2n) is 37.0. The van der Waals surface area contributed by atoms with Crippen LogP contribution in [0.4, 0.5) is 30.7 Å². The van der Waals surface area contributed by atoms with Gasteiger partial charge in [-0.1, -0.05) is 138 Å². The number of allylic oxidation sites excluding steroid dienone is 1. The maximum atomic E-state index is 15.3. The molecule has 15 heterocycles. The zero-order chi connectivity index (χ0) is 110. The summed E-state index contributed by atoms with van der Waals surface area (Å²) in [7, 11) is 1.37. The van der Waals surface area contributed by atoms with Crippen LogP contribution in [0, 0.1) is 5.92 Å². The van der Waals surface area contributed by atoms with E-state index in [9.17, 15) is 92.4 Å². The number of fused-ring (bicyclic) bond motifs is 1. The Hall–Kier alpha value is -10.8. The van der Waals surface area contributed by atoms with Crippen molar-refractivity contribution in [2.24, 2.45) is 81.0 Å². The summed E-state index contributed by atoms with van der Waals surface area (Å²) < 4.78 is 156. The zero-order valence-electron chi connectivity index (χ0n) is 83.4. The molecule has 44 nitrogen and oxygen atoms in total. The molecule has 0 saturated carbocycles. The zero-order valence-corrected chi connectivity index (χ0v) is 84.2. The smallest absolute Gasteiger partial charge is 0.306 e. The number of nitrogens with zero attached hydrogens (tertiary/aromatic N) is 14. The topological polar surface area (TPSA) is 643 Å². The van der Waals surface area contributed by atoms with E-state index in [1.54, 1.807) is 33.0 Å². The van der Waals surface area contributed by atoms with E-state index >= 15 is 4.39 Å². The minimum atomic E-state index is -1.76. The lowest BCUT2D eigenvalue weighted by atomic mass is 9.85. The molecule has 0 unspecified atom stereocenters. The number of halogens is 8. The molecular weight excluding hydrogens is 1980 g/mol. The number of carbonyl (C=O) groups is 1. The number of aliphatic hydroxyl groups excluding tert-OH is 12. The van der Waals surface area contributed by atoms with Crippen molar-refractivity contribution in [3.05, 3.63) is 197 Å². The second-order valence-corrected chi connectivity index (χ2v) is 37.3. The van der Waals surface area contributed by atoms with Gasteiger partial charge >= 0.3 is 5.97 Å². The number of methoxy groups -OCH3 is 1. The number of ether oxygens (including phenoxy) is 10. The average Bonchev–Trinajstić information content (AvgIpc) is 1.57. The van der Waals surface area contributed by atoms with Crippen molar-refractivity contribution in [1.82, 2.24) is 34.3 Å². The molecule has 0 aromatic carbocycles. The van der Waals surface area contributed by atoms with E-state index in [1.165, 1.54) is 127 Å². The van der Waals surface area contributed by atoms with Crippen molar-refractivity contribution < 1.29 is 144 Å². The van der Waals surface area contributed by atoms with Gasteiger partial charge in [-0.3, -0.25) is 4.79 Å². The van der Waals surface area contributed by atoms with Crippen LogP contribution in [0.15, 0.2) is 232 Å². The van der Waals surface area contributed by atoms with Crippen molar-refractivity contribution in [2.75, 3.05) is 72.5 Å². The summed E-state index contributed by atoms with van der Waals surface area (Å²) >= 11 is 5.98. The first-order valence-electron chi connectivity index (χ1n) is 47.5. The molecule has 0 bridgehead atoms. The Morgan fingerprint density at radius 3 is 1.11 bits per heavy atom. The second kappa shape index (κ2) is 51.8. The van der Waals surface area contributed by atoms with Crippen LogP contribution < -0.4 is 40.1 Å². The molecule has 15 aliphatic heterocycles. The molecule has 0 amide bonds. The third-order valence-corrected chi connectivity index (χ3v) is 27.1. The fraction of sp³-hybridized carbons (Fsp3) is 0.583. The minimum absolute atomic E-state index is 0.142. The van der Waals surface area contributed by atoms with Gasteiger partial charge in [-0.15, -0.1) is 11.6 Å². The van der Waals surface area contributed by atoms with Gasteiger partial charge in [0.15, 0.2) is 92.9 Å². The molecule has 0 radical (unpaired) electrons. The Morgan fingerprint density at radius 2 is 0.797 bits per heavy atom. The molecule has 8 saturated heterocycles. The van der Waals surface area contributed by atoms with Crippen molar-refractivity contribution >= 4 is 58.4 Å². The Labute approximate surface area is 858 Å². The number of hydrogen-bond donors (Lipinski definition) is 19. The summed E-state index contributed by atoms with van der Waals surface area (Å²) in [5, 5.41) is 117. The van der Waals surface area contributed by atoms with Gasteiger partial charge in [0.05, 0.1) is 65.3 Å². The molecule has 0 aliphatic carbocycles. The summed E-state index contributed by atoms with van der Waals surface area (Å²) in [6.07, 6.45) is 2.88. The lowest BCUT2D eigenvalue weighted by Gasteiger charge is -2.41. The summed E-state index contributed by atoms with van der Waals surface area (Å²) in [5.74, 6) is 2.30. The molecule has 28 atom stereocenters. The Balaban J connectivity index is 0.000000193. The van der Waals surface area contributed by atoms with Gasteiger partial charge in [0.1, 0.15) is 157 Å². The monoisotopic (exact) mass is 2120 g/mol. The molecule has 8 fully saturated rings. The van der Waals surface area contributed by atoms with Crippen molar-refractivity contribution in [1.29, 1.82) is 0 Å². The first kappa shape index (κ1) is 121. The van der Waals surface area contributed by atoms with E-state index in [0.717, 1.165) is 38.5 Å². The van der Waals surface area contributed by atoms with Crippen LogP contribution in [0.25, 0.3) is 0 Å². The van der Waals surface area contributed by atoms with E-state index in [1.807, 2.05) is 13.8 Å². The molecule has 824 valence electrons. The predicted molar refractivity (Wildman–Crippen MR) is 534 cm³/mol. The number of hydrogen-bond acceptors (Lipinski definition) is 44. The number of esters is 1. The van der Waals surface area contributed by atoms with Gasteiger partial charge in [-0.25, -0.2) is 65.7 Å². The van der Waals surface area contributed by atoms with Crippen LogP contribution >= 0.6 is 11.6 Å². The first-order chi connectivity index (χ1) is 70.0. The maximum absolute atomic E-state index is 15.3. The lowest BCUT2D eigenvalue weighted by Crippen LogP contribution is -2.60. The van der Waals surface area contributed by atoms with Gasteiger partial charge in [-0.2, -0.15) is 0 Å². The molecule has 0 aromatic heterocycles. The SMILES string of the molecule is C=C1N=C(N)C=CN1[C@@H]1O[C@@](CO)(C(=C)C)[C@@H](O)[C@H]1F.C=C1N=C(N)C=CN1[C@@H]1O[C@@](CO)(C(C)C)[C@@H](O)[C@H]1F.C=C1N=C(N)C=CN1[C@@H]1O[C@@](CO)(CCCC)[C@@H](O)[C@H]1F.C=C1N=C(N)C=CN1[C@@H]1O[C@@](CO)(CCl)[C@@H](OC(=O)CCCCCCC)[C@H]1F.C=C1N=C(N)C=CN1[C@@H]1O[C@@](CO)(COC)[C@@H](O)[C@H]1F.C=C1N=C(N)C=CN1[C@@H]1O[C@@]2(CO)CO[C@H]2[C@H]1F.C=C1N=C(N)C=CN1[C@@H]1O[C@](/C=C/CC)(CO)[C@@H](O)[C@H]1F. The van der Waals surface area contributed by atoms with E-state index in [2.05, 4.69) is 94.5 Å². The highest BCUT2D eigenvalue weighted by Gasteiger charge is 2.67. The predicted octanol–water partition coefficient (Wildman–Crippen LogP) is 2.24. The van der Waals surface area contributed by atoms with Gasteiger partial charge in [0.2, 0.25) is 0 Å². The molecule has 15 aliphatic rings. The van der Waals surface area contributed by atoms with Crippen LogP contribution in [-0.2, 0) is 52.2 Å². The fourth-order valence-corrected chi connectivity index (χ4v) is 18.1. The average molecular weight is 2130 g/mol. The number of nitrogens with two attached hydrogens (primary N) is 7. The third-order valence-electron chi connectivity index (χ3n) is 26.6. The summed E-state index contributed by atoms with van der Waals surface area (Å²) in [5.41, 5.74) is 29.4. The largest absolute Gasteiger partial charge is 0.456 e. The molecule has 0 aromatic rings. The molecule has 26 N–H and O–H groups in total. The Bertz CT molecular complexity index is 5210. The van der Waals surface area contributed by atoms with Gasteiger partial charge in [0.25, 0.3) is 0 Å². The minimum Gasteiger partial charge on any atom is -0.456 e. The summed E-state index contributed by atoms with van der Waals surface area (Å²) in [6.45, 7) is 37.1. The van der Waals surface area contributed by atoms with Crippen LogP contribution in [0.2, 0.25) is 0 Å². The molecule has 0 spiro atoms. The highest BCUT2D eigenvalue weighted by Crippen LogP contribution is 2.49. The fourth-order valence-electron chi connectivity index (χ4n) is 17.8. The molecule has 52 heteroatoms. The van der Waals surface area contributed by atoms with Crippen molar-refractivity contribution in [2.45, 2.75) is 274 Å². The van der Waals surface area contributed by atoms with Crippen LogP contribution in [0.1, 0.15) is 106 Å². The van der Waals surface area contributed by atoms with Crippen LogP contribution in [0.3, 0.4) is 0 Å². The highest BCUT2D eigenvalue weighted by atomic mass is 35.5. The summed E-state index contributed by atoms with van der Waals surface area (Å²) in [6, 6.07) is 0. The Kier molecular flexibility index (Phi) is 42.2. The van der Waals surface area contributed by atoms with Crippen molar-refractivity contribution in [3.63, 3.8) is 0 Å². The number of carbonyl (C=O) groups excluding carboxylic acids is 1. The maximum Gasteiger partial charge on any atom is 0.306 e. The first-order valence-corrected chi connectivity index (χ1v) is 48.1. The van der Waals surface area contributed by atoms with E-state index in [0.29, 0.717) is 36.5 Å². The van der Waals surface area contributed by atoms with Gasteiger partial charge < -0.3 is 183 Å². The van der Waals surface area contributed by atoms with Crippen molar-refractivity contribution in [3.8, 4) is 0 Å². The number of alkyl halides is 8. The number of amidine groups is 7. The number of rotatable bonds is 31. The quantitative estimate of drug-likeness (QED) is 0.0156. The van der Waals surface area contributed by atoms with Gasteiger partial charge in [-0.05, 0) is 80.2 Å². The Morgan fingerprint density at radius 1 is 0.446 bits per heavy atom. The van der Waals surface area contributed by atoms with Gasteiger partial charge in [0, 0.05) is 56.9 Å². The normalized spacial score (nSPS) is 36.3. The number of aliphatic hydroxyl groups is 12. The van der Waals surface area contributed by atoms with E-state index in [4.69, 9.17) is 99.1 Å². The summed E-state index contributed by atoms with van der Waals surface area (Å²) in [4.78, 5) is 49.3. The van der Waals surface area contributed by atoms with E-state index in [-0.39, 0.29) is 108 Å². The highest BCUT2D eigenvalue weighted by molar-refractivity contribution is 6.18. The number of unbranched alkanes of at least 4 members (excludes halogenated alkanes) is 5. The molecular formula is C96H141ClF7N21O23. The van der Waals surface area contributed by atoms with Crippen LogP contribution in [0.5, 0.6) is 0 Å². The van der Waals surface area contributed by atoms with Crippen LogP contribution in [-0.4, -0.2) is 384 Å². The molecule has 148 heavy (non-hydrogen) atoms.